The molecule has 0 radical (unpaired) electrons. The SMILES string of the molecule is C#C.CC1OCCC2OC(C)(C)OC12. The predicted molar refractivity (Wildman–Crippen MR) is 53.7 cm³/mol. The van der Waals surface area contributed by atoms with Crippen LogP contribution in [-0.4, -0.2) is 30.7 Å². The first-order valence-electron chi connectivity index (χ1n) is 4.89. The number of terminal acetylenes is 1. The van der Waals surface area contributed by atoms with E-state index in [0.29, 0.717) is 0 Å². The summed E-state index contributed by atoms with van der Waals surface area (Å²) in [6.45, 7) is 6.75. The van der Waals surface area contributed by atoms with Crippen LogP contribution in [0.25, 0.3) is 0 Å². The first kappa shape index (κ1) is 11.5. The number of hydrogen-bond donors (Lipinski definition) is 0. The molecule has 3 atom stereocenters. The van der Waals surface area contributed by atoms with Crippen LogP contribution in [0, 0.1) is 12.8 Å². The fourth-order valence-electron chi connectivity index (χ4n) is 1.95. The zero-order chi connectivity index (χ0) is 10.8. The molecule has 0 aliphatic carbocycles. The third-order valence-corrected chi connectivity index (χ3v) is 2.47. The predicted octanol–water partition coefficient (Wildman–Crippen LogP) is 1.56. The van der Waals surface area contributed by atoms with E-state index < -0.39 is 5.79 Å². The molecule has 0 saturated carbocycles. The van der Waals surface area contributed by atoms with Crippen LogP contribution in [0.1, 0.15) is 27.2 Å². The van der Waals surface area contributed by atoms with Crippen molar-refractivity contribution in [3.8, 4) is 12.8 Å². The Balaban J connectivity index is 0.000000461. The van der Waals surface area contributed by atoms with Gasteiger partial charge in [-0.3, -0.25) is 0 Å². The van der Waals surface area contributed by atoms with E-state index in [1.807, 2.05) is 20.8 Å². The molecule has 2 saturated heterocycles. The molecule has 0 amide bonds. The molecule has 80 valence electrons. The molecule has 14 heavy (non-hydrogen) atoms. The van der Waals surface area contributed by atoms with Crippen LogP contribution < -0.4 is 0 Å². The third-order valence-electron chi connectivity index (χ3n) is 2.47. The monoisotopic (exact) mass is 198 g/mol. The minimum absolute atomic E-state index is 0.133. The molecular weight excluding hydrogens is 180 g/mol. The lowest BCUT2D eigenvalue weighted by atomic mass is 10.0. The number of rotatable bonds is 0. The summed E-state index contributed by atoms with van der Waals surface area (Å²) >= 11 is 0. The van der Waals surface area contributed by atoms with Crippen molar-refractivity contribution in [3.63, 3.8) is 0 Å². The van der Waals surface area contributed by atoms with Crippen molar-refractivity contribution in [3.05, 3.63) is 0 Å². The van der Waals surface area contributed by atoms with Crippen LogP contribution >= 0.6 is 0 Å². The minimum Gasteiger partial charge on any atom is -0.376 e. The molecule has 2 heterocycles. The second kappa shape index (κ2) is 4.31. The van der Waals surface area contributed by atoms with Crippen molar-refractivity contribution in [2.24, 2.45) is 0 Å². The van der Waals surface area contributed by atoms with Crippen LogP contribution in [0.3, 0.4) is 0 Å². The molecule has 2 aliphatic rings. The van der Waals surface area contributed by atoms with Gasteiger partial charge in [0.1, 0.15) is 6.10 Å². The Morgan fingerprint density at radius 3 is 2.43 bits per heavy atom. The van der Waals surface area contributed by atoms with E-state index in [4.69, 9.17) is 14.2 Å². The van der Waals surface area contributed by atoms with Crippen molar-refractivity contribution in [2.75, 3.05) is 6.61 Å². The second-order valence-corrected chi connectivity index (χ2v) is 4.00. The summed E-state index contributed by atoms with van der Waals surface area (Å²) in [6, 6.07) is 0. The summed E-state index contributed by atoms with van der Waals surface area (Å²) in [4.78, 5) is 0. The maximum Gasteiger partial charge on any atom is 0.163 e. The average Bonchev–Trinajstić information content (AvgIpc) is 2.45. The zero-order valence-electron chi connectivity index (χ0n) is 9.03. The summed E-state index contributed by atoms with van der Waals surface area (Å²) in [5, 5.41) is 0. The molecule has 2 rings (SSSR count). The molecular formula is C11H18O3. The highest BCUT2D eigenvalue weighted by Crippen LogP contribution is 2.34. The van der Waals surface area contributed by atoms with E-state index in [0.717, 1.165) is 13.0 Å². The molecule has 0 aromatic carbocycles. The standard InChI is InChI=1S/C9H16O3.C2H2/c1-6-8-7(4-5-10-6)11-9(2,3)12-8;1-2/h6-8H,4-5H2,1-3H3;1-2H. The van der Waals surface area contributed by atoms with E-state index in [9.17, 15) is 0 Å². The number of hydrogen-bond acceptors (Lipinski definition) is 3. The summed E-state index contributed by atoms with van der Waals surface area (Å²) in [5.41, 5.74) is 0. The second-order valence-electron chi connectivity index (χ2n) is 4.00. The Bertz CT molecular complexity index is 210. The Labute approximate surface area is 85.7 Å². The largest absolute Gasteiger partial charge is 0.376 e. The van der Waals surface area contributed by atoms with Gasteiger partial charge in [-0.25, -0.2) is 0 Å². The minimum atomic E-state index is -0.419. The van der Waals surface area contributed by atoms with Gasteiger partial charge in [0.25, 0.3) is 0 Å². The van der Waals surface area contributed by atoms with Crippen LogP contribution in [0.4, 0.5) is 0 Å². The summed E-state index contributed by atoms with van der Waals surface area (Å²) in [5.74, 6) is -0.419. The maximum absolute atomic E-state index is 5.72. The van der Waals surface area contributed by atoms with Gasteiger partial charge in [0.2, 0.25) is 0 Å². The van der Waals surface area contributed by atoms with E-state index in [1.54, 1.807) is 0 Å². The lowest BCUT2D eigenvalue weighted by molar-refractivity contribution is -0.152. The molecule has 0 aromatic rings. The van der Waals surface area contributed by atoms with Crippen molar-refractivity contribution in [2.45, 2.75) is 51.3 Å². The summed E-state index contributed by atoms with van der Waals surface area (Å²) in [6.07, 6.45) is 9.50. The van der Waals surface area contributed by atoms with E-state index in [-0.39, 0.29) is 18.3 Å². The van der Waals surface area contributed by atoms with Crippen molar-refractivity contribution < 1.29 is 14.2 Å². The highest BCUT2D eigenvalue weighted by Gasteiger charge is 2.45. The number of fused-ring (bicyclic) bond motifs is 1. The van der Waals surface area contributed by atoms with Crippen LogP contribution in [-0.2, 0) is 14.2 Å². The van der Waals surface area contributed by atoms with Gasteiger partial charge >= 0.3 is 0 Å². The lowest BCUT2D eigenvalue weighted by Crippen LogP contribution is -2.40. The van der Waals surface area contributed by atoms with Crippen LogP contribution in [0.2, 0.25) is 0 Å². The van der Waals surface area contributed by atoms with Crippen molar-refractivity contribution in [1.29, 1.82) is 0 Å². The van der Waals surface area contributed by atoms with E-state index >= 15 is 0 Å². The molecule has 3 unspecified atom stereocenters. The van der Waals surface area contributed by atoms with Gasteiger partial charge in [0.05, 0.1) is 12.2 Å². The van der Waals surface area contributed by atoms with Crippen LogP contribution in [0.5, 0.6) is 0 Å². The Morgan fingerprint density at radius 1 is 1.21 bits per heavy atom. The summed E-state index contributed by atoms with van der Waals surface area (Å²) < 4.78 is 16.9. The first-order chi connectivity index (χ1) is 6.58. The average molecular weight is 198 g/mol. The Hall–Kier alpha value is -0.560. The van der Waals surface area contributed by atoms with E-state index in [2.05, 4.69) is 12.8 Å². The molecule has 3 heteroatoms. The fraction of sp³-hybridized carbons (Fsp3) is 0.818. The molecule has 2 aliphatic heterocycles. The highest BCUT2D eigenvalue weighted by molar-refractivity contribution is 4.88. The Morgan fingerprint density at radius 2 is 1.86 bits per heavy atom. The normalized spacial score (nSPS) is 39.4. The van der Waals surface area contributed by atoms with Crippen molar-refractivity contribution >= 4 is 0 Å². The molecule has 0 aromatic heterocycles. The van der Waals surface area contributed by atoms with Gasteiger partial charge < -0.3 is 14.2 Å². The summed E-state index contributed by atoms with van der Waals surface area (Å²) in [7, 11) is 0. The molecule has 0 spiro atoms. The quantitative estimate of drug-likeness (QED) is 0.553. The smallest absolute Gasteiger partial charge is 0.163 e. The first-order valence-corrected chi connectivity index (χ1v) is 4.89. The van der Waals surface area contributed by atoms with E-state index in [1.165, 1.54) is 0 Å². The van der Waals surface area contributed by atoms with Gasteiger partial charge in [0.15, 0.2) is 5.79 Å². The Kier molecular flexibility index (Phi) is 3.54. The maximum atomic E-state index is 5.72. The molecule has 0 N–H and O–H groups in total. The van der Waals surface area contributed by atoms with Gasteiger partial charge in [-0.15, -0.1) is 12.8 Å². The lowest BCUT2D eigenvalue weighted by Gasteiger charge is -2.28. The van der Waals surface area contributed by atoms with Gasteiger partial charge in [-0.05, 0) is 27.2 Å². The third kappa shape index (κ3) is 2.27. The van der Waals surface area contributed by atoms with Crippen LogP contribution in [0.15, 0.2) is 0 Å². The number of ether oxygens (including phenoxy) is 3. The van der Waals surface area contributed by atoms with Gasteiger partial charge in [-0.2, -0.15) is 0 Å². The molecule has 0 bridgehead atoms. The molecule has 2 fully saturated rings. The van der Waals surface area contributed by atoms with Gasteiger partial charge in [-0.1, -0.05) is 0 Å². The molecule has 3 nitrogen and oxygen atoms in total. The topological polar surface area (TPSA) is 27.7 Å². The highest BCUT2D eigenvalue weighted by atomic mass is 16.8. The fourth-order valence-corrected chi connectivity index (χ4v) is 1.95. The van der Waals surface area contributed by atoms with Gasteiger partial charge in [0, 0.05) is 6.61 Å². The van der Waals surface area contributed by atoms with Crippen molar-refractivity contribution in [1.82, 2.24) is 0 Å². The zero-order valence-corrected chi connectivity index (χ0v) is 9.03.